The topological polar surface area (TPSA) is 34.9 Å². The van der Waals surface area contributed by atoms with E-state index in [4.69, 9.17) is 34.8 Å². The lowest BCUT2D eigenvalue weighted by molar-refractivity contribution is 0.748. The van der Waals surface area contributed by atoms with Gasteiger partial charge < -0.3 is 0 Å². The van der Waals surface area contributed by atoms with Crippen molar-refractivity contribution in [3.05, 3.63) is 73.7 Å². The van der Waals surface area contributed by atoms with E-state index in [9.17, 15) is 4.79 Å². The monoisotopic (exact) mass is 338 g/mol. The van der Waals surface area contributed by atoms with Gasteiger partial charge in [-0.3, -0.25) is 9.36 Å². The normalized spacial score (nSPS) is 11.0. The fraction of sp³-hybridized carbons (Fsp3) is 0.0667. The highest BCUT2D eigenvalue weighted by molar-refractivity contribution is 6.38. The number of hydrogen-bond donors (Lipinski definition) is 0. The summed E-state index contributed by atoms with van der Waals surface area (Å²) in [5.74, 6) is 0. The Morgan fingerprint density at radius 3 is 2.62 bits per heavy atom. The van der Waals surface area contributed by atoms with Crippen LogP contribution in [-0.2, 0) is 6.54 Å². The van der Waals surface area contributed by atoms with E-state index in [2.05, 4.69) is 4.98 Å². The molecule has 0 fully saturated rings. The average molecular weight is 340 g/mol. The molecule has 0 saturated heterocycles. The predicted molar refractivity (Wildman–Crippen MR) is 86.6 cm³/mol. The zero-order valence-electron chi connectivity index (χ0n) is 10.7. The van der Waals surface area contributed by atoms with Crippen LogP contribution in [0.2, 0.25) is 15.1 Å². The van der Waals surface area contributed by atoms with Crippen LogP contribution in [0.4, 0.5) is 0 Å². The second-order valence-electron chi connectivity index (χ2n) is 4.59. The maximum Gasteiger partial charge on any atom is 0.261 e. The summed E-state index contributed by atoms with van der Waals surface area (Å²) in [5, 5.41) is 1.80. The highest BCUT2D eigenvalue weighted by atomic mass is 35.5. The lowest BCUT2D eigenvalue weighted by atomic mass is 10.2. The Hall–Kier alpha value is -1.55. The standard InChI is InChI=1S/C15H9Cl3N2O/c16-10-3-1-2-9(4-10)7-20-8-19-14-12(15(20)21)5-11(17)6-13(14)18/h1-6,8H,7H2. The lowest BCUT2D eigenvalue weighted by Crippen LogP contribution is -2.21. The van der Waals surface area contributed by atoms with Gasteiger partial charge in [0.05, 0.1) is 28.8 Å². The largest absolute Gasteiger partial charge is 0.294 e. The fourth-order valence-corrected chi connectivity index (χ4v) is 2.89. The first kappa shape index (κ1) is 14.4. The van der Waals surface area contributed by atoms with Crippen LogP contribution in [0.3, 0.4) is 0 Å². The molecule has 0 aliphatic heterocycles. The molecule has 2 aromatic carbocycles. The number of hydrogen-bond acceptors (Lipinski definition) is 2. The van der Waals surface area contributed by atoms with E-state index in [0.717, 1.165) is 5.56 Å². The average Bonchev–Trinajstić information content (AvgIpc) is 2.42. The summed E-state index contributed by atoms with van der Waals surface area (Å²) in [5.41, 5.74) is 1.18. The van der Waals surface area contributed by atoms with Crippen molar-refractivity contribution in [1.29, 1.82) is 0 Å². The number of benzene rings is 2. The van der Waals surface area contributed by atoms with E-state index in [1.54, 1.807) is 18.2 Å². The quantitative estimate of drug-likeness (QED) is 0.693. The van der Waals surface area contributed by atoms with Crippen LogP contribution in [0.1, 0.15) is 5.56 Å². The van der Waals surface area contributed by atoms with E-state index in [0.29, 0.717) is 32.5 Å². The van der Waals surface area contributed by atoms with Gasteiger partial charge in [-0.25, -0.2) is 4.98 Å². The molecule has 3 aromatic rings. The Bertz CT molecular complexity index is 890. The van der Waals surface area contributed by atoms with Crippen molar-refractivity contribution in [2.24, 2.45) is 0 Å². The molecule has 0 bridgehead atoms. The number of fused-ring (bicyclic) bond motifs is 1. The first-order valence-electron chi connectivity index (χ1n) is 6.13. The second-order valence-corrected chi connectivity index (χ2v) is 5.87. The molecule has 21 heavy (non-hydrogen) atoms. The van der Waals surface area contributed by atoms with Gasteiger partial charge in [-0.15, -0.1) is 0 Å². The molecule has 3 nitrogen and oxygen atoms in total. The Morgan fingerprint density at radius 2 is 1.86 bits per heavy atom. The van der Waals surface area contributed by atoms with Crippen molar-refractivity contribution in [2.45, 2.75) is 6.54 Å². The van der Waals surface area contributed by atoms with Crippen LogP contribution in [0.25, 0.3) is 10.9 Å². The molecule has 0 aliphatic carbocycles. The van der Waals surface area contributed by atoms with Crippen molar-refractivity contribution in [1.82, 2.24) is 9.55 Å². The summed E-state index contributed by atoms with van der Waals surface area (Å²) in [6, 6.07) is 10.5. The van der Waals surface area contributed by atoms with Crippen LogP contribution < -0.4 is 5.56 Å². The Labute approximate surface area is 135 Å². The molecule has 3 rings (SSSR count). The van der Waals surface area contributed by atoms with E-state index in [1.165, 1.54) is 10.9 Å². The van der Waals surface area contributed by atoms with Crippen molar-refractivity contribution in [3.8, 4) is 0 Å². The van der Waals surface area contributed by atoms with Crippen molar-refractivity contribution in [3.63, 3.8) is 0 Å². The minimum atomic E-state index is -0.190. The van der Waals surface area contributed by atoms with Gasteiger partial charge in [-0.1, -0.05) is 46.9 Å². The molecular formula is C15H9Cl3N2O. The van der Waals surface area contributed by atoms with Gasteiger partial charge >= 0.3 is 0 Å². The Morgan fingerprint density at radius 1 is 1.05 bits per heavy atom. The smallest absolute Gasteiger partial charge is 0.261 e. The molecule has 0 radical (unpaired) electrons. The predicted octanol–water partition coefficient (Wildman–Crippen LogP) is 4.41. The van der Waals surface area contributed by atoms with Crippen molar-refractivity contribution in [2.75, 3.05) is 0 Å². The number of halogens is 3. The zero-order valence-corrected chi connectivity index (χ0v) is 13.0. The number of rotatable bonds is 2. The van der Waals surface area contributed by atoms with Crippen molar-refractivity contribution < 1.29 is 0 Å². The Balaban J connectivity index is 2.12. The van der Waals surface area contributed by atoms with Gasteiger partial charge in [-0.05, 0) is 29.8 Å². The summed E-state index contributed by atoms with van der Waals surface area (Å²) < 4.78 is 1.50. The molecule has 6 heteroatoms. The summed E-state index contributed by atoms with van der Waals surface area (Å²) in [7, 11) is 0. The molecule has 0 spiro atoms. The summed E-state index contributed by atoms with van der Waals surface area (Å²) in [4.78, 5) is 16.7. The molecule has 0 atom stereocenters. The fourth-order valence-electron chi connectivity index (χ4n) is 2.14. The molecule has 0 unspecified atom stereocenters. The van der Waals surface area contributed by atoms with E-state index >= 15 is 0 Å². The molecule has 0 N–H and O–H groups in total. The highest BCUT2D eigenvalue weighted by Gasteiger charge is 2.09. The van der Waals surface area contributed by atoms with Gasteiger partial charge in [0.15, 0.2) is 0 Å². The van der Waals surface area contributed by atoms with Crippen LogP contribution in [0.5, 0.6) is 0 Å². The zero-order chi connectivity index (χ0) is 15.0. The minimum absolute atomic E-state index is 0.190. The third-order valence-electron chi connectivity index (χ3n) is 3.09. The molecule has 0 saturated carbocycles. The molecule has 0 aliphatic rings. The van der Waals surface area contributed by atoms with Gasteiger partial charge in [0.1, 0.15) is 0 Å². The maximum atomic E-state index is 12.5. The van der Waals surface area contributed by atoms with Gasteiger partial charge in [-0.2, -0.15) is 0 Å². The molecule has 1 aromatic heterocycles. The van der Waals surface area contributed by atoms with E-state index in [-0.39, 0.29) is 5.56 Å². The van der Waals surface area contributed by atoms with Crippen LogP contribution in [0.15, 0.2) is 47.5 Å². The summed E-state index contributed by atoms with van der Waals surface area (Å²) in [6.07, 6.45) is 1.48. The van der Waals surface area contributed by atoms with Crippen LogP contribution in [-0.4, -0.2) is 9.55 Å². The molecule has 106 valence electrons. The number of nitrogens with zero attached hydrogens (tertiary/aromatic N) is 2. The van der Waals surface area contributed by atoms with Crippen molar-refractivity contribution >= 4 is 45.7 Å². The lowest BCUT2D eigenvalue weighted by Gasteiger charge is -2.08. The molecular weight excluding hydrogens is 331 g/mol. The van der Waals surface area contributed by atoms with Gasteiger partial charge in [0.2, 0.25) is 0 Å². The SMILES string of the molecule is O=c1c2cc(Cl)cc(Cl)c2ncn1Cc1cccc(Cl)c1. The maximum absolute atomic E-state index is 12.5. The first-order chi connectivity index (χ1) is 10.0. The molecule has 0 amide bonds. The third kappa shape index (κ3) is 2.91. The molecule has 1 heterocycles. The van der Waals surface area contributed by atoms with E-state index < -0.39 is 0 Å². The van der Waals surface area contributed by atoms with Crippen LogP contribution >= 0.6 is 34.8 Å². The number of aromatic nitrogens is 2. The second kappa shape index (κ2) is 5.68. The van der Waals surface area contributed by atoms with Gasteiger partial charge in [0.25, 0.3) is 5.56 Å². The summed E-state index contributed by atoms with van der Waals surface area (Å²) in [6.45, 7) is 0.381. The first-order valence-corrected chi connectivity index (χ1v) is 7.26. The highest BCUT2D eigenvalue weighted by Crippen LogP contribution is 2.24. The van der Waals surface area contributed by atoms with Crippen LogP contribution in [0, 0.1) is 0 Å². The minimum Gasteiger partial charge on any atom is -0.294 e. The van der Waals surface area contributed by atoms with Gasteiger partial charge in [0, 0.05) is 10.0 Å². The third-order valence-corrected chi connectivity index (χ3v) is 3.83. The van der Waals surface area contributed by atoms with E-state index in [1.807, 2.05) is 18.2 Å². The summed E-state index contributed by atoms with van der Waals surface area (Å²) >= 11 is 18.0. The Kier molecular flexibility index (Phi) is 3.89.